The van der Waals surface area contributed by atoms with Gasteiger partial charge in [0, 0.05) is 17.7 Å². The highest BCUT2D eigenvalue weighted by atomic mass is 16.5. The Kier molecular flexibility index (Phi) is 4.86. The fourth-order valence-corrected chi connectivity index (χ4v) is 1.96. The first kappa shape index (κ1) is 14.9. The number of hydrogen-bond acceptors (Lipinski definition) is 4. The Morgan fingerprint density at radius 2 is 1.84 bits per heavy atom. The second-order valence-electron chi connectivity index (χ2n) is 4.16. The minimum Gasteiger partial charge on any atom is -0.477 e. The minimum atomic E-state index is -1.11. The van der Waals surface area contributed by atoms with E-state index in [-0.39, 0.29) is 30.9 Å². The lowest BCUT2D eigenvalue weighted by molar-refractivity contribution is -0.143. The maximum Gasteiger partial charge on any atom is 0.352 e. The molecule has 0 saturated carbocycles. The third-order valence-electron chi connectivity index (χ3n) is 2.79. The molecule has 1 heterocycles. The van der Waals surface area contributed by atoms with Crippen molar-refractivity contribution in [2.75, 3.05) is 6.61 Å². The monoisotopic (exact) mass is 267 g/mol. The number of aryl methyl sites for hydroxylation is 1. The molecule has 0 amide bonds. The van der Waals surface area contributed by atoms with Crippen LogP contribution in [0.5, 0.6) is 0 Å². The van der Waals surface area contributed by atoms with Crippen LogP contribution in [0.2, 0.25) is 0 Å². The number of ketones is 1. The summed E-state index contributed by atoms with van der Waals surface area (Å²) in [5.74, 6) is -1.79. The van der Waals surface area contributed by atoms with Crippen LogP contribution in [-0.4, -0.2) is 34.4 Å². The lowest BCUT2D eigenvalue weighted by Crippen LogP contribution is -2.09. The van der Waals surface area contributed by atoms with E-state index >= 15 is 0 Å². The summed E-state index contributed by atoms with van der Waals surface area (Å²) in [6, 6.07) is 0. The molecule has 1 aromatic heterocycles. The van der Waals surface area contributed by atoms with Gasteiger partial charge in [0.1, 0.15) is 5.69 Å². The van der Waals surface area contributed by atoms with Crippen LogP contribution in [0, 0.1) is 13.8 Å². The molecule has 1 rings (SSSR count). The van der Waals surface area contributed by atoms with Crippen molar-refractivity contribution in [1.82, 2.24) is 4.98 Å². The SMILES string of the molecule is CCOC(=O)CCC(=O)c1c(C)[nH]c(C(=O)O)c1C. The van der Waals surface area contributed by atoms with Gasteiger partial charge in [-0.25, -0.2) is 4.79 Å². The molecule has 0 radical (unpaired) electrons. The van der Waals surface area contributed by atoms with Gasteiger partial charge in [0.15, 0.2) is 5.78 Å². The Hall–Kier alpha value is -2.11. The van der Waals surface area contributed by atoms with Gasteiger partial charge in [0.2, 0.25) is 0 Å². The van der Waals surface area contributed by atoms with Crippen LogP contribution >= 0.6 is 0 Å². The van der Waals surface area contributed by atoms with E-state index in [2.05, 4.69) is 4.98 Å². The number of carboxylic acid groups (broad SMARTS) is 1. The van der Waals surface area contributed by atoms with Crippen molar-refractivity contribution < 1.29 is 24.2 Å². The van der Waals surface area contributed by atoms with Crippen LogP contribution in [0.3, 0.4) is 0 Å². The first-order valence-corrected chi connectivity index (χ1v) is 5.99. The third kappa shape index (κ3) is 3.43. The lowest BCUT2D eigenvalue weighted by atomic mass is 10.0. The molecule has 0 aromatic carbocycles. The van der Waals surface area contributed by atoms with E-state index in [4.69, 9.17) is 9.84 Å². The number of nitrogens with one attached hydrogen (secondary N) is 1. The number of aromatic carboxylic acids is 1. The molecule has 0 aliphatic carbocycles. The summed E-state index contributed by atoms with van der Waals surface area (Å²) in [7, 11) is 0. The smallest absolute Gasteiger partial charge is 0.352 e. The van der Waals surface area contributed by atoms with Gasteiger partial charge in [-0.3, -0.25) is 9.59 Å². The van der Waals surface area contributed by atoms with Crippen LogP contribution in [-0.2, 0) is 9.53 Å². The van der Waals surface area contributed by atoms with Crippen molar-refractivity contribution in [3.8, 4) is 0 Å². The summed E-state index contributed by atoms with van der Waals surface area (Å²) in [5, 5.41) is 8.96. The molecular formula is C13H17NO5. The highest BCUT2D eigenvalue weighted by Crippen LogP contribution is 2.20. The average Bonchev–Trinajstić information content (AvgIpc) is 2.62. The summed E-state index contributed by atoms with van der Waals surface area (Å²) in [6.07, 6.45) is 0.0105. The molecular weight excluding hydrogens is 250 g/mol. The fourth-order valence-electron chi connectivity index (χ4n) is 1.96. The van der Waals surface area contributed by atoms with Gasteiger partial charge in [-0.15, -0.1) is 0 Å². The molecule has 0 bridgehead atoms. The number of aromatic amines is 1. The van der Waals surface area contributed by atoms with Gasteiger partial charge in [0.05, 0.1) is 13.0 Å². The highest BCUT2D eigenvalue weighted by Gasteiger charge is 2.21. The molecule has 0 fully saturated rings. The number of ether oxygens (including phenoxy) is 1. The zero-order chi connectivity index (χ0) is 14.6. The quantitative estimate of drug-likeness (QED) is 0.605. The normalized spacial score (nSPS) is 10.3. The number of aromatic nitrogens is 1. The number of carbonyl (C=O) groups is 3. The Morgan fingerprint density at radius 3 is 2.32 bits per heavy atom. The molecule has 19 heavy (non-hydrogen) atoms. The zero-order valence-electron chi connectivity index (χ0n) is 11.2. The zero-order valence-corrected chi connectivity index (χ0v) is 11.2. The number of hydrogen-bond donors (Lipinski definition) is 2. The van der Waals surface area contributed by atoms with E-state index in [0.29, 0.717) is 16.8 Å². The van der Waals surface area contributed by atoms with Crippen LogP contribution in [0.25, 0.3) is 0 Å². The molecule has 0 aliphatic heterocycles. The summed E-state index contributed by atoms with van der Waals surface area (Å²) in [6.45, 7) is 5.18. The maximum absolute atomic E-state index is 12.0. The maximum atomic E-state index is 12.0. The van der Waals surface area contributed by atoms with Crippen LogP contribution in [0.1, 0.15) is 51.9 Å². The summed E-state index contributed by atoms with van der Waals surface area (Å²) in [4.78, 5) is 36.8. The number of esters is 1. The molecule has 0 aliphatic rings. The predicted octanol–water partition coefficient (Wildman–Crippen LogP) is 1.86. The molecule has 0 saturated heterocycles. The summed E-state index contributed by atoms with van der Waals surface area (Å²) >= 11 is 0. The molecule has 2 N–H and O–H groups in total. The van der Waals surface area contributed by atoms with Gasteiger partial charge in [0.25, 0.3) is 0 Å². The minimum absolute atomic E-state index is 0.000855. The summed E-state index contributed by atoms with van der Waals surface area (Å²) < 4.78 is 4.74. The van der Waals surface area contributed by atoms with Crippen LogP contribution in [0.15, 0.2) is 0 Å². The lowest BCUT2D eigenvalue weighted by Gasteiger charge is -2.03. The Balaban J connectivity index is 2.83. The Labute approximate surface area is 110 Å². The number of carbonyl (C=O) groups excluding carboxylic acids is 2. The topological polar surface area (TPSA) is 96.5 Å². The predicted molar refractivity (Wildman–Crippen MR) is 67.4 cm³/mol. The van der Waals surface area contributed by atoms with Crippen molar-refractivity contribution in [3.05, 3.63) is 22.5 Å². The Bertz CT molecular complexity index is 515. The Morgan fingerprint density at radius 1 is 1.21 bits per heavy atom. The number of carboxylic acids is 1. The molecule has 0 unspecified atom stereocenters. The second kappa shape index (κ2) is 6.17. The molecule has 0 spiro atoms. The van der Waals surface area contributed by atoms with Gasteiger partial charge >= 0.3 is 11.9 Å². The van der Waals surface area contributed by atoms with Crippen molar-refractivity contribution in [3.63, 3.8) is 0 Å². The summed E-state index contributed by atoms with van der Waals surface area (Å²) in [5.41, 5.74) is 1.27. The standard InChI is InChI=1S/C13H17NO5/c1-4-19-10(16)6-5-9(15)11-7(2)12(13(17)18)14-8(11)3/h14H,4-6H2,1-3H3,(H,17,18). The first-order valence-electron chi connectivity index (χ1n) is 5.99. The van der Waals surface area contributed by atoms with Crippen molar-refractivity contribution in [2.45, 2.75) is 33.6 Å². The fraction of sp³-hybridized carbons (Fsp3) is 0.462. The van der Waals surface area contributed by atoms with E-state index in [0.717, 1.165) is 0 Å². The van der Waals surface area contributed by atoms with E-state index in [1.54, 1.807) is 20.8 Å². The number of rotatable bonds is 6. The van der Waals surface area contributed by atoms with Crippen LogP contribution in [0.4, 0.5) is 0 Å². The molecule has 1 aromatic rings. The molecule has 6 nitrogen and oxygen atoms in total. The van der Waals surface area contributed by atoms with Crippen LogP contribution < -0.4 is 0 Å². The molecule has 6 heteroatoms. The molecule has 104 valence electrons. The third-order valence-corrected chi connectivity index (χ3v) is 2.79. The van der Waals surface area contributed by atoms with Crippen molar-refractivity contribution in [2.24, 2.45) is 0 Å². The van der Waals surface area contributed by atoms with E-state index in [1.165, 1.54) is 0 Å². The van der Waals surface area contributed by atoms with Gasteiger partial charge in [-0.2, -0.15) is 0 Å². The number of H-pyrrole nitrogens is 1. The second-order valence-corrected chi connectivity index (χ2v) is 4.16. The first-order chi connectivity index (χ1) is 8.88. The van der Waals surface area contributed by atoms with Gasteiger partial charge < -0.3 is 14.8 Å². The van der Waals surface area contributed by atoms with E-state index in [9.17, 15) is 14.4 Å². The van der Waals surface area contributed by atoms with Gasteiger partial charge in [-0.1, -0.05) is 0 Å². The highest BCUT2D eigenvalue weighted by molar-refractivity contribution is 6.02. The largest absolute Gasteiger partial charge is 0.477 e. The van der Waals surface area contributed by atoms with Crippen molar-refractivity contribution >= 4 is 17.7 Å². The van der Waals surface area contributed by atoms with E-state index < -0.39 is 11.9 Å². The average molecular weight is 267 g/mol. The van der Waals surface area contributed by atoms with E-state index in [1.807, 2.05) is 0 Å². The molecule has 0 atom stereocenters. The number of Topliss-reactive ketones (excluding diaryl/α,β-unsaturated/α-hetero) is 1. The van der Waals surface area contributed by atoms with Crippen molar-refractivity contribution in [1.29, 1.82) is 0 Å². The van der Waals surface area contributed by atoms with Gasteiger partial charge in [-0.05, 0) is 26.3 Å².